The second-order valence-corrected chi connectivity index (χ2v) is 13.7. The molecule has 248 valence electrons. The molecule has 0 aliphatic carbocycles. The number of methoxy groups -OCH3 is 2. The minimum atomic E-state index is -4.38. The zero-order valence-electron chi connectivity index (χ0n) is 26.5. The molecule has 1 atom stereocenters. The molecule has 0 aliphatic heterocycles. The number of carbonyl (C=O) groups excluding carboxylic acids is 2. The highest BCUT2D eigenvalue weighted by atomic mass is 35.5. The average Bonchev–Trinajstić information content (AvgIpc) is 3.06. The van der Waals surface area contributed by atoms with Crippen molar-refractivity contribution in [2.75, 3.05) is 25.1 Å². The topological polar surface area (TPSA) is 105 Å². The number of benzene rings is 4. The fraction of sp³-hybridized carbons (Fsp3) is 0.257. The van der Waals surface area contributed by atoms with Crippen molar-refractivity contribution < 1.29 is 27.5 Å². The number of nitrogens with one attached hydrogen (secondary N) is 1. The number of ether oxygens (including phenoxy) is 2. The number of amides is 2. The van der Waals surface area contributed by atoms with Gasteiger partial charge in [0.1, 0.15) is 12.6 Å². The van der Waals surface area contributed by atoms with Crippen LogP contribution in [0.25, 0.3) is 0 Å². The van der Waals surface area contributed by atoms with E-state index in [1.807, 2.05) is 44.2 Å². The van der Waals surface area contributed by atoms with Crippen LogP contribution in [0.5, 0.6) is 11.5 Å². The number of sulfonamides is 1. The fourth-order valence-corrected chi connectivity index (χ4v) is 6.74. The number of anilines is 1. The lowest BCUT2D eigenvalue weighted by Gasteiger charge is -2.34. The molecule has 0 spiro atoms. The molecule has 1 N–H and O–H groups in total. The molecule has 0 saturated heterocycles. The molecule has 0 radical (unpaired) electrons. The lowest BCUT2D eigenvalue weighted by Crippen LogP contribution is -2.54. The van der Waals surface area contributed by atoms with Crippen LogP contribution in [0.15, 0.2) is 102 Å². The van der Waals surface area contributed by atoms with Crippen molar-refractivity contribution in [3.05, 3.63) is 118 Å². The number of rotatable bonds is 14. The first kappa shape index (κ1) is 35.6. The van der Waals surface area contributed by atoms with Gasteiger partial charge in [0.05, 0.1) is 24.8 Å². The Kier molecular flexibility index (Phi) is 12.1. The fourth-order valence-electron chi connectivity index (χ4n) is 4.99. The summed E-state index contributed by atoms with van der Waals surface area (Å²) in [5, 5.41) is 3.72. The van der Waals surface area contributed by atoms with E-state index >= 15 is 0 Å². The molecule has 0 saturated carbocycles. The first-order valence-electron chi connectivity index (χ1n) is 14.8. The third kappa shape index (κ3) is 8.97. The van der Waals surface area contributed by atoms with Gasteiger partial charge in [-0.05, 0) is 67.4 Å². The van der Waals surface area contributed by atoms with Crippen molar-refractivity contribution in [2.45, 2.75) is 43.8 Å². The summed E-state index contributed by atoms with van der Waals surface area (Å²) < 4.78 is 40.3. The predicted octanol–water partition coefficient (Wildman–Crippen LogP) is 6.37. The molecule has 47 heavy (non-hydrogen) atoms. The van der Waals surface area contributed by atoms with Gasteiger partial charge in [-0.2, -0.15) is 0 Å². The van der Waals surface area contributed by atoms with Crippen LogP contribution in [-0.2, 0) is 32.6 Å². The number of hydrogen-bond donors (Lipinski definition) is 1. The van der Waals surface area contributed by atoms with Crippen molar-refractivity contribution >= 4 is 50.7 Å². The predicted molar refractivity (Wildman–Crippen MR) is 185 cm³/mol. The van der Waals surface area contributed by atoms with Gasteiger partial charge in [-0.1, -0.05) is 71.7 Å². The average molecular weight is 699 g/mol. The highest BCUT2D eigenvalue weighted by Gasteiger charge is 2.35. The van der Waals surface area contributed by atoms with Crippen LogP contribution in [0.4, 0.5) is 5.69 Å². The molecule has 2 amide bonds. The normalized spacial score (nSPS) is 11.9. The van der Waals surface area contributed by atoms with Crippen LogP contribution >= 0.6 is 23.2 Å². The van der Waals surface area contributed by atoms with E-state index in [1.54, 1.807) is 24.3 Å². The minimum Gasteiger partial charge on any atom is -0.493 e. The van der Waals surface area contributed by atoms with Crippen molar-refractivity contribution in [1.82, 2.24) is 10.2 Å². The maximum absolute atomic E-state index is 14.6. The first-order chi connectivity index (χ1) is 22.4. The van der Waals surface area contributed by atoms with E-state index in [4.69, 9.17) is 32.7 Å². The van der Waals surface area contributed by atoms with Crippen LogP contribution in [0.2, 0.25) is 10.0 Å². The van der Waals surface area contributed by atoms with Gasteiger partial charge in [0, 0.05) is 35.1 Å². The second kappa shape index (κ2) is 16.0. The number of carbonyl (C=O) groups is 2. The SMILES string of the molecule is COc1ccc(S(=O)(=O)N(CC(=O)N(Cc2ccccc2Cl)[C@H](Cc2ccccc2)C(=O)NC(C)C)c2ccc(Cl)cc2)cc1OC. The van der Waals surface area contributed by atoms with Gasteiger partial charge < -0.3 is 19.7 Å². The summed E-state index contributed by atoms with van der Waals surface area (Å²) in [6, 6.07) is 25.4. The molecule has 0 unspecified atom stereocenters. The Hall–Kier alpha value is -4.25. The van der Waals surface area contributed by atoms with E-state index in [0.29, 0.717) is 21.4 Å². The second-order valence-electron chi connectivity index (χ2n) is 11.0. The van der Waals surface area contributed by atoms with E-state index < -0.39 is 28.5 Å². The van der Waals surface area contributed by atoms with Crippen molar-refractivity contribution in [3.8, 4) is 11.5 Å². The van der Waals surface area contributed by atoms with Gasteiger partial charge in [0.2, 0.25) is 11.8 Å². The van der Waals surface area contributed by atoms with Crippen LogP contribution in [0.1, 0.15) is 25.0 Å². The smallest absolute Gasteiger partial charge is 0.264 e. The van der Waals surface area contributed by atoms with Gasteiger partial charge in [0.25, 0.3) is 10.0 Å². The van der Waals surface area contributed by atoms with E-state index in [-0.39, 0.29) is 41.2 Å². The van der Waals surface area contributed by atoms with Crippen molar-refractivity contribution in [1.29, 1.82) is 0 Å². The Morgan fingerprint density at radius 2 is 1.47 bits per heavy atom. The molecule has 0 aliphatic rings. The van der Waals surface area contributed by atoms with Gasteiger partial charge in [-0.25, -0.2) is 8.42 Å². The van der Waals surface area contributed by atoms with Crippen LogP contribution in [0, 0.1) is 0 Å². The summed E-state index contributed by atoms with van der Waals surface area (Å²) in [7, 11) is -1.53. The van der Waals surface area contributed by atoms with Crippen LogP contribution in [-0.4, -0.2) is 58.0 Å². The highest BCUT2D eigenvalue weighted by Crippen LogP contribution is 2.33. The Balaban J connectivity index is 1.83. The van der Waals surface area contributed by atoms with Crippen LogP contribution < -0.4 is 19.1 Å². The lowest BCUT2D eigenvalue weighted by atomic mass is 10.0. The zero-order chi connectivity index (χ0) is 34.1. The Morgan fingerprint density at radius 1 is 0.830 bits per heavy atom. The van der Waals surface area contributed by atoms with E-state index in [1.165, 1.54) is 61.6 Å². The van der Waals surface area contributed by atoms with Gasteiger partial charge in [-0.3, -0.25) is 13.9 Å². The molecule has 4 rings (SSSR count). The monoisotopic (exact) mass is 697 g/mol. The Labute approximate surface area is 286 Å². The third-order valence-electron chi connectivity index (χ3n) is 7.34. The molecule has 0 aromatic heterocycles. The summed E-state index contributed by atoms with van der Waals surface area (Å²) in [5.41, 5.74) is 1.61. The third-order valence-corrected chi connectivity index (χ3v) is 9.73. The van der Waals surface area contributed by atoms with E-state index in [0.717, 1.165) is 9.87 Å². The largest absolute Gasteiger partial charge is 0.493 e. The number of nitrogens with zero attached hydrogens (tertiary/aromatic N) is 2. The molecule has 0 heterocycles. The minimum absolute atomic E-state index is 0.0492. The molecular weight excluding hydrogens is 661 g/mol. The maximum Gasteiger partial charge on any atom is 0.264 e. The molecule has 0 bridgehead atoms. The molecule has 4 aromatic rings. The summed E-state index contributed by atoms with van der Waals surface area (Å²) in [6.45, 7) is 2.97. The van der Waals surface area contributed by atoms with Crippen molar-refractivity contribution in [3.63, 3.8) is 0 Å². The summed E-state index contributed by atoms with van der Waals surface area (Å²) in [4.78, 5) is 29.6. The molecule has 4 aromatic carbocycles. The Morgan fingerprint density at radius 3 is 2.09 bits per heavy atom. The maximum atomic E-state index is 14.6. The standard InChI is InChI=1S/C35H37Cl2N3O6S/c1-24(2)38-35(42)31(20-25-10-6-5-7-11-25)39(22-26-12-8-9-13-30(26)37)34(41)23-40(28-16-14-27(36)15-17-28)47(43,44)29-18-19-32(45-3)33(21-29)46-4/h5-19,21,24,31H,20,22-23H2,1-4H3,(H,38,42)/t31-/m1/s1. The quantitative estimate of drug-likeness (QED) is 0.164. The zero-order valence-corrected chi connectivity index (χ0v) is 28.9. The van der Waals surface area contributed by atoms with Crippen molar-refractivity contribution in [2.24, 2.45) is 0 Å². The van der Waals surface area contributed by atoms with Crippen LogP contribution in [0.3, 0.4) is 0 Å². The van der Waals surface area contributed by atoms with E-state index in [9.17, 15) is 18.0 Å². The number of hydrogen-bond acceptors (Lipinski definition) is 6. The van der Waals surface area contributed by atoms with Gasteiger partial charge in [-0.15, -0.1) is 0 Å². The highest BCUT2D eigenvalue weighted by molar-refractivity contribution is 7.92. The molecule has 12 heteroatoms. The number of halogens is 2. The molecule has 9 nitrogen and oxygen atoms in total. The summed E-state index contributed by atoms with van der Waals surface area (Å²) in [6.07, 6.45) is 0.180. The summed E-state index contributed by atoms with van der Waals surface area (Å²) >= 11 is 12.7. The van der Waals surface area contributed by atoms with Gasteiger partial charge in [0.15, 0.2) is 11.5 Å². The van der Waals surface area contributed by atoms with Gasteiger partial charge >= 0.3 is 0 Å². The first-order valence-corrected chi connectivity index (χ1v) is 17.0. The lowest BCUT2D eigenvalue weighted by molar-refractivity contribution is -0.140. The molecule has 0 fully saturated rings. The summed E-state index contributed by atoms with van der Waals surface area (Å²) in [5.74, 6) is -0.468. The van der Waals surface area contributed by atoms with E-state index in [2.05, 4.69) is 5.32 Å². The molecular formula is C35H37Cl2N3O6S. The Bertz CT molecular complexity index is 1790.